The lowest BCUT2D eigenvalue weighted by Gasteiger charge is -1.41. The molecular formula is C84H4. The summed E-state index contributed by atoms with van der Waals surface area (Å²) in [4.78, 5) is 0. The Labute approximate surface area is 480 Å². The minimum absolute atomic E-state index is 2.37. The van der Waals surface area contributed by atoms with Gasteiger partial charge in [0, 0.05) is 367 Å². The Morgan fingerprint density at radius 2 is 0.0952 bits per heavy atom. The second-order valence-electron chi connectivity index (χ2n) is 10.4. The smallest absolute Gasteiger partial charge is 0 e. The molecule has 0 aromatic rings. The number of hydrogen-bond acceptors (Lipinski definition) is 0. The Balaban J connectivity index is 6.16. The minimum Gasteiger partial charge on any atom is -0.0687 e. The van der Waals surface area contributed by atoms with Crippen LogP contribution in [-0.2, 0) is 0 Å². The summed E-state index contributed by atoms with van der Waals surface area (Å²) < 4.78 is 0. The van der Waals surface area contributed by atoms with Crippen molar-refractivity contribution in [1.82, 2.24) is 0 Å². The van der Waals surface area contributed by atoms with Gasteiger partial charge in [0.1, 0.15) is 0 Å². The van der Waals surface area contributed by atoms with Crippen LogP contribution in [0.15, 0.2) is 483 Å². The van der Waals surface area contributed by atoms with Gasteiger partial charge in [0.15, 0.2) is 0 Å². The molecule has 0 saturated carbocycles. The van der Waals surface area contributed by atoms with Crippen molar-refractivity contribution in [3.8, 4) is 0 Å². The summed E-state index contributed by atoms with van der Waals surface area (Å²) in [7, 11) is 0. The molecule has 0 heteroatoms. The Morgan fingerprint density at radius 1 is 0.0595 bits per heavy atom. The van der Waals surface area contributed by atoms with Gasteiger partial charge in [-0.3, -0.25) is 0 Å². The molecule has 0 saturated heterocycles. The summed E-state index contributed by atoms with van der Waals surface area (Å²) in [5.74, 6) is 0. The zero-order valence-electron chi connectivity index (χ0n) is 42.4. The maximum absolute atomic E-state index is 3.32. The minimum atomic E-state index is 2.37. The van der Waals surface area contributed by atoms with Crippen molar-refractivity contribution in [2.45, 2.75) is 0 Å². The molecule has 84 heavy (non-hydrogen) atoms. The first-order valence-corrected chi connectivity index (χ1v) is 21.0. The first-order chi connectivity index (χ1) is 41.9. The van der Waals surface area contributed by atoms with Crippen molar-refractivity contribution in [3.05, 3.63) is 483 Å². The predicted molar refractivity (Wildman–Crippen MR) is 299 cm³/mol. The van der Waals surface area contributed by atoms with Crippen LogP contribution in [0.5, 0.6) is 0 Å². The highest BCUT2D eigenvalue weighted by Gasteiger charge is 1.49. The normalized spacial score (nSPS) is 3.95. The molecule has 0 aromatic heterocycles. The van der Waals surface area contributed by atoms with E-state index in [-0.39, 0.29) is 0 Å². The molecule has 0 aliphatic carbocycles. The highest BCUT2D eigenvalue weighted by molar-refractivity contribution is 5.00. The van der Waals surface area contributed by atoms with Crippen molar-refractivity contribution in [2.24, 2.45) is 0 Å². The second kappa shape index (κ2) is 64.7. The molecule has 0 spiro atoms. The molecule has 0 aliphatic rings. The third kappa shape index (κ3) is 63.7. The largest absolute Gasteiger partial charge is 0.0687 e. The standard InChI is InChI=1S/C84H4/c1-3-5-7-9-11-13-15-17-19-21-23-25-27-29-31-33-35-37-39-41-43-45-47-49-51-53-55-57-59-61-63-65-67-69-71-73-75-77-79-81-83-84-82-80-78-76-74-72-70-68-66-64-62-60-58-56-54-52-50-48-46-44-42-40-38-36-34-32-30-28-26-24-22-20-18-16-14-12-10-8-6-4-2/h1-2H2. The van der Waals surface area contributed by atoms with Gasteiger partial charge >= 0.3 is 0 Å². The average molecular weight is 1010 g/mol. The van der Waals surface area contributed by atoms with Gasteiger partial charge in [0.25, 0.3) is 0 Å². The topological polar surface area (TPSA) is 0 Å². The maximum Gasteiger partial charge on any atom is 0 e. The summed E-state index contributed by atoms with van der Waals surface area (Å²) in [6, 6.07) is 0. The Kier molecular flexibility index (Phi) is 50.6. The summed E-state index contributed by atoms with van der Waals surface area (Å²) in [6.07, 6.45) is 0. The highest BCUT2D eigenvalue weighted by Crippen LogP contribution is 1.65. The zero-order chi connectivity index (χ0) is 60.0. The molecule has 0 N–H and O–H groups in total. The van der Waals surface area contributed by atoms with Gasteiger partial charge in [-0.15, -0.1) is 0 Å². The van der Waals surface area contributed by atoms with Gasteiger partial charge in [-0.25, -0.2) is 0 Å². The third-order valence-electron chi connectivity index (χ3n) is 5.11. The molecule has 0 rings (SSSR count). The van der Waals surface area contributed by atoms with E-state index in [0.717, 1.165) is 0 Å². The molecule has 0 amide bonds. The fourth-order valence-corrected chi connectivity index (χ4v) is 2.53. The lowest BCUT2D eigenvalue weighted by Crippen LogP contribution is -1.26. The van der Waals surface area contributed by atoms with E-state index in [1.165, 1.54) is 0 Å². The number of hydrogen-bond donors (Lipinski definition) is 0. The van der Waals surface area contributed by atoms with E-state index >= 15 is 0 Å². The van der Waals surface area contributed by atoms with Crippen molar-refractivity contribution in [1.29, 1.82) is 0 Å². The maximum atomic E-state index is 3.32. The van der Waals surface area contributed by atoms with E-state index in [2.05, 4.69) is 483 Å². The molecule has 0 aromatic carbocycles. The van der Waals surface area contributed by atoms with Crippen molar-refractivity contribution in [2.75, 3.05) is 0 Å². The second-order valence-corrected chi connectivity index (χ2v) is 10.4. The first kappa shape index (κ1) is 65.7. The van der Waals surface area contributed by atoms with Crippen LogP contribution in [-0.4, -0.2) is 0 Å². The fourth-order valence-electron chi connectivity index (χ4n) is 2.53. The highest BCUT2D eigenvalue weighted by atomic mass is 13.5. The predicted octanol–water partition coefficient (Wildman–Crippen LogP) is 13.5. The van der Waals surface area contributed by atoms with Crippen molar-refractivity contribution in [3.63, 3.8) is 0 Å². The van der Waals surface area contributed by atoms with E-state index in [4.69, 9.17) is 0 Å². The molecule has 0 atom stereocenters. The monoisotopic (exact) mass is 1010 g/mol. The molecule has 0 fully saturated rings. The van der Waals surface area contributed by atoms with Gasteiger partial charge in [0.2, 0.25) is 0 Å². The van der Waals surface area contributed by atoms with Crippen LogP contribution < -0.4 is 0 Å². The quantitative estimate of drug-likeness (QED) is 0.212. The van der Waals surface area contributed by atoms with E-state index in [1.54, 1.807) is 0 Å². The molecule has 0 heterocycles. The third-order valence-corrected chi connectivity index (χ3v) is 5.11. The van der Waals surface area contributed by atoms with Crippen LogP contribution in [0.2, 0.25) is 0 Å². The van der Waals surface area contributed by atoms with E-state index in [0.29, 0.717) is 0 Å². The lowest BCUT2D eigenvalue weighted by molar-refractivity contribution is 2.10. The molecule has 0 nitrogen and oxygen atoms in total. The Hall–Kier alpha value is -18.3. The van der Waals surface area contributed by atoms with Crippen LogP contribution in [0.25, 0.3) is 0 Å². The zero-order valence-corrected chi connectivity index (χ0v) is 42.4. The van der Waals surface area contributed by atoms with Crippen LogP contribution in [0.1, 0.15) is 0 Å². The molecule has 0 aliphatic heterocycles. The van der Waals surface area contributed by atoms with E-state index in [9.17, 15) is 0 Å². The molecule has 0 bridgehead atoms. The van der Waals surface area contributed by atoms with Crippen LogP contribution >= 0.6 is 0 Å². The van der Waals surface area contributed by atoms with Crippen molar-refractivity contribution < 1.29 is 0 Å². The molecular weight excluding hydrogens is 1010 g/mol. The van der Waals surface area contributed by atoms with Gasteiger partial charge in [0.05, 0.1) is 0 Å². The van der Waals surface area contributed by atoms with Crippen LogP contribution in [0, 0.1) is 0 Å². The number of rotatable bonds is 0. The average Bonchev–Trinajstić information content (AvgIpc) is 3.50. The summed E-state index contributed by atoms with van der Waals surface area (Å²) in [6.45, 7) is 6.63. The van der Waals surface area contributed by atoms with Gasteiger partial charge in [-0.2, -0.15) is 0 Å². The van der Waals surface area contributed by atoms with Crippen LogP contribution in [0.4, 0.5) is 0 Å². The molecule has 0 unspecified atom stereocenters. The Morgan fingerprint density at radius 3 is 0.131 bits per heavy atom. The van der Waals surface area contributed by atoms with Crippen LogP contribution in [0.3, 0.4) is 0 Å². The van der Waals surface area contributed by atoms with E-state index in [1.807, 2.05) is 0 Å². The van der Waals surface area contributed by atoms with E-state index < -0.39 is 0 Å². The van der Waals surface area contributed by atoms with Gasteiger partial charge in [-0.05, 0) is 105 Å². The summed E-state index contributed by atoms with van der Waals surface area (Å²) >= 11 is 0. The summed E-state index contributed by atoms with van der Waals surface area (Å²) in [5, 5.41) is 0. The first-order valence-electron chi connectivity index (χ1n) is 21.0. The summed E-state index contributed by atoms with van der Waals surface area (Å²) in [5.41, 5.74) is 204. The van der Waals surface area contributed by atoms with Gasteiger partial charge < -0.3 is 0 Å². The fraction of sp³-hybridized carbons (Fsp3) is 0. The SMILES string of the molecule is C=C=C=C=C=C=C=C=C=C=C=C=C=C=C=C=C=C=C=C=C=C=C=C=C=C=C=C=C=C=C=C=C=C=C=C=C=C=C=C=C=C=C=C=C=C=C=C=C=C=C=C=C=C=C=C=C=C=C=C=C=C=C=C=C=C=C=C=C=C=C=C=C=C=C=C=C=C=C=C=C=C=C=C. The lowest BCUT2D eigenvalue weighted by atomic mass is 10.6. The molecule has 0 radical (unpaired) electrons. The Bertz CT molecular complexity index is 6070. The van der Waals surface area contributed by atoms with Crippen molar-refractivity contribution >= 4 is 0 Å². The van der Waals surface area contributed by atoms with Gasteiger partial charge in [-0.1, -0.05) is 11.5 Å². The molecule has 340 valence electrons.